The number of rotatable bonds is 6. The molecule has 8 nitrogen and oxygen atoms in total. The molecule has 0 radical (unpaired) electrons. The maximum Gasteiger partial charge on any atom is 0.256 e. The van der Waals surface area contributed by atoms with Gasteiger partial charge in [0.25, 0.3) is 5.91 Å². The molecule has 1 N–H and O–H groups in total. The highest BCUT2D eigenvalue weighted by Crippen LogP contribution is 2.28. The number of hydrogen-bond donors (Lipinski definition) is 1. The Kier molecular flexibility index (Phi) is 6.16. The van der Waals surface area contributed by atoms with Crippen LogP contribution in [0.25, 0.3) is 0 Å². The van der Waals surface area contributed by atoms with Crippen LogP contribution < -0.4 is 24.6 Å². The molecule has 1 aromatic heterocycles. The highest BCUT2D eigenvalue weighted by Gasteiger charge is 2.19. The number of benzene rings is 2. The summed E-state index contributed by atoms with van der Waals surface area (Å²) in [6.45, 7) is 3.49. The van der Waals surface area contributed by atoms with Crippen LogP contribution in [0.3, 0.4) is 0 Å². The lowest BCUT2D eigenvalue weighted by atomic mass is 10.2. The van der Waals surface area contributed by atoms with Crippen LogP contribution in [-0.2, 0) is 0 Å². The molecule has 0 atom stereocenters. The minimum absolute atomic E-state index is 0.278. The van der Waals surface area contributed by atoms with Gasteiger partial charge in [0.2, 0.25) is 0 Å². The number of carbonyl (C=O) groups is 1. The molecule has 160 valence electrons. The van der Waals surface area contributed by atoms with Crippen molar-refractivity contribution >= 4 is 23.2 Å². The van der Waals surface area contributed by atoms with Gasteiger partial charge in [-0.1, -0.05) is 18.2 Å². The summed E-state index contributed by atoms with van der Waals surface area (Å²) in [5.74, 6) is 2.04. The minimum Gasteiger partial charge on any atom is -0.493 e. The second-order valence-electron chi connectivity index (χ2n) is 7.09. The van der Waals surface area contributed by atoms with Gasteiger partial charge in [-0.25, -0.2) is 9.97 Å². The topological polar surface area (TPSA) is 79.8 Å². The van der Waals surface area contributed by atoms with E-state index in [1.165, 1.54) is 19.1 Å². The van der Waals surface area contributed by atoms with Crippen LogP contribution in [-0.4, -0.2) is 56.3 Å². The minimum atomic E-state index is -0.278. The Bertz CT molecular complexity index is 1040. The molecule has 2 heterocycles. The maximum absolute atomic E-state index is 12.7. The predicted octanol–water partition coefficient (Wildman–Crippen LogP) is 3.07. The molecule has 2 aromatic carbocycles. The van der Waals surface area contributed by atoms with Crippen molar-refractivity contribution in [3.63, 3.8) is 0 Å². The van der Waals surface area contributed by atoms with Gasteiger partial charge < -0.3 is 24.6 Å². The van der Waals surface area contributed by atoms with Crippen LogP contribution in [0.5, 0.6) is 11.5 Å². The largest absolute Gasteiger partial charge is 0.493 e. The highest BCUT2D eigenvalue weighted by atomic mass is 16.5. The Hall–Kier alpha value is -3.81. The maximum atomic E-state index is 12.7. The van der Waals surface area contributed by atoms with E-state index in [0.717, 1.165) is 32.0 Å². The number of nitrogens with zero attached hydrogens (tertiary/aromatic N) is 4. The molecule has 0 spiro atoms. The summed E-state index contributed by atoms with van der Waals surface area (Å²) in [6.07, 6.45) is 1.48. The number of aromatic nitrogens is 2. The van der Waals surface area contributed by atoms with E-state index >= 15 is 0 Å². The third kappa shape index (κ3) is 4.69. The number of nitrogens with one attached hydrogen (secondary N) is 1. The van der Waals surface area contributed by atoms with Gasteiger partial charge in [0.15, 0.2) is 11.5 Å². The monoisotopic (exact) mass is 419 g/mol. The first-order valence-electron chi connectivity index (χ1n) is 10.1. The molecule has 0 saturated carbocycles. The van der Waals surface area contributed by atoms with Crippen molar-refractivity contribution in [1.82, 2.24) is 9.97 Å². The average molecular weight is 419 g/mol. The summed E-state index contributed by atoms with van der Waals surface area (Å²) >= 11 is 0. The normalized spacial score (nSPS) is 13.6. The number of piperazine rings is 1. The zero-order valence-electron chi connectivity index (χ0n) is 17.6. The van der Waals surface area contributed by atoms with E-state index in [1.807, 2.05) is 6.07 Å². The molecular weight excluding hydrogens is 394 g/mol. The van der Waals surface area contributed by atoms with Crippen molar-refractivity contribution in [2.75, 3.05) is 55.5 Å². The first kappa shape index (κ1) is 20.5. The van der Waals surface area contributed by atoms with E-state index in [1.54, 1.807) is 31.4 Å². The molecular formula is C23H25N5O3. The summed E-state index contributed by atoms with van der Waals surface area (Å²) in [4.78, 5) is 25.8. The van der Waals surface area contributed by atoms with Crippen molar-refractivity contribution in [3.05, 3.63) is 66.5 Å². The second kappa shape index (κ2) is 9.34. The van der Waals surface area contributed by atoms with Gasteiger partial charge in [-0.15, -0.1) is 0 Å². The van der Waals surface area contributed by atoms with E-state index in [2.05, 4.69) is 49.4 Å². The van der Waals surface area contributed by atoms with Crippen LogP contribution in [0.2, 0.25) is 0 Å². The third-order valence-electron chi connectivity index (χ3n) is 5.26. The van der Waals surface area contributed by atoms with Crippen molar-refractivity contribution in [3.8, 4) is 11.5 Å². The molecule has 1 fully saturated rings. The number of methoxy groups -OCH3 is 2. The fraction of sp³-hybridized carbons (Fsp3) is 0.261. The molecule has 8 heteroatoms. The quantitative estimate of drug-likeness (QED) is 0.658. The number of anilines is 3. The molecule has 31 heavy (non-hydrogen) atoms. The lowest BCUT2D eigenvalue weighted by molar-refractivity contribution is 0.102. The molecule has 1 amide bonds. The summed E-state index contributed by atoms with van der Waals surface area (Å²) in [5.41, 5.74) is 1.68. The van der Waals surface area contributed by atoms with Gasteiger partial charge in [0.1, 0.15) is 18.0 Å². The molecule has 0 aliphatic carbocycles. The standard InChI is InChI=1S/C23H25N5O3/c1-30-19-9-8-17(14-20(19)31-2)23(29)26-21-15-22(25-16-24-21)28-12-10-27(11-13-28)18-6-4-3-5-7-18/h3-9,14-16H,10-13H2,1-2H3,(H,24,25,26,29). The first-order chi connectivity index (χ1) is 15.2. The van der Waals surface area contributed by atoms with Gasteiger partial charge in [-0.3, -0.25) is 4.79 Å². The number of amides is 1. The van der Waals surface area contributed by atoms with Crippen molar-refractivity contribution in [1.29, 1.82) is 0 Å². The molecule has 3 aromatic rings. The zero-order chi connectivity index (χ0) is 21.6. The lowest BCUT2D eigenvalue weighted by Gasteiger charge is -2.36. The van der Waals surface area contributed by atoms with Crippen LogP contribution in [0.1, 0.15) is 10.4 Å². The average Bonchev–Trinajstić information content (AvgIpc) is 2.84. The predicted molar refractivity (Wildman–Crippen MR) is 120 cm³/mol. The summed E-state index contributed by atoms with van der Waals surface area (Å²) in [7, 11) is 3.09. The van der Waals surface area contributed by atoms with E-state index in [-0.39, 0.29) is 5.91 Å². The Morgan fingerprint density at radius 1 is 0.871 bits per heavy atom. The number of carbonyl (C=O) groups excluding carboxylic acids is 1. The third-order valence-corrected chi connectivity index (χ3v) is 5.26. The van der Waals surface area contributed by atoms with Crippen molar-refractivity contribution in [2.45, 2.75) is 0 Å². The molecule has 1 aliphatic heterocycles. The Morgan fingerprint density at radius 2 is 1.58 bits per heavy atom. The van der Waals surface area contributed by atoms with Crippen LogP contribution in [0.15, 0.2) is 60.9 Å². The van der Waals surface area contributed by atoms with E-state index in [4.69, 9.17) is 9.47 Å². The van der Waals surface area contributed by atoms with Gasteiger partial charge in [0, 0.05) is 43.5 Å². The van der Waals surface area contributed by atoms with Crippen LogP contribution in [0, 0.1) is 0 Å². The SMILES string of the molecule is COc1ccc(C(=O)Nc2cc(N3CCN(c4ccccc4)CC3)ncn2)cc1OC. The summed E-state index contributed by atoms with van der Waals surface area (Å²) in [6, 6.07) is 17.2. The van der Waals surface area contributed by atoms with Crippen molar-refractivity contribution in [2.24, 2.45) is 0 Å². The van der Waals surface area contributed by atoms with Gasteiger partial charge in [0.05, 0.1) is 14.2 Å². The van der Waals surface area contributed by atoms with Gasteiger partial charge >= 0.3 is 0 Å². The second-order valence-corrected chi connectivity index (χ2v) is 7.09. The number of hydrogen-bond acceptors (Lipinski definition) is 7. The van der Waals surface area contributed by atoms with Crippen molar-refractivity contribution < 1.29 is 14.3 Å². The molecule has 1 saturated heterocycles. The Balaban J connectivity index is 1.41. The van der Waals surface area contributed by atoms with Gasteiger partial charge in [-0.2, -0.15) is 0 Å². The molecule has 0 bridgehead atoms. The fourth-order valence-electron chi connectivity index (χ4n) is 3.59. The molecule has 0 unspecified atom stereocenters. The number of ether oxygens (including phenoxy) is 2. The smallest absolute Gasteiger partial charge is 0.256 e. The summed E-state index contributed by atoms with van der Waals surface area (Å²) in [5, 5.41) is 2.84. The van der Waals surface area contributed by atoms with Crippen LogP contribution in [0.4, 0.5) is 17.3 Å². The molecule has 4 rings (SSSR count). The summed E-state index contributed by atoms with van der Waals surface area (Å²) < 4.78 is 10.5. The first-order valence-corrected chi connectivity index (χ1v) is 10.1. The fourth-order valence-corrected chi connectivity index (χ4v) is 3.59. The highest BCUT2D eigenvalue weighted by molar-refractivity contribution is 6.04. The Labute approximate surface area is 181 Å². The van der Waals surface area contributed by atoms with E-state index in [9.17, 15) is 4.79 Å². The lowest BCUT2D eigenvalue weighted by Crippen LogP contribution is -2.46. The number of para-hydroxylation sites is 1. The van der Waals surface area contributed by atoms with Crippen LogP contribution >= 0.6 is 0 Å². The molecule has 1 aliphatic rings. The zero-order valence-corrected chi connectivity index (χ0v) is 17.6. The van der Waals surface area contributed by atoms with Gasteiger partial charge in [-0.05, 0) is 30.3 Å². The van der Waals surface area contributed by atoms with E-state index in [0.29, 0.717) is 22.9 Å². The Morgan fingerprint density at radius 3 is 2.29 bits per heavy atom. The van der Waals surface area contributed by atoms with E-state index < -0.39 is 0 Å².